The molecule has 106 valence electrons. The minimum Gasteiger partial charge on any atom is -0.385 e. The van der Waals surface area contributed by atoms with E-state index in [1.54, 1.807) is 6.92 Å². The molecular formula is C17H18F2O. The predicted octanol–water partition coefficient (Wildman–Crippen LogP) is 4.03. The molecule has 20 heavy (non-hydrogen) atoms. The molecule has 2 aromatic rings. The lowest BCUT2D eigenvalue weighted by Crippen LogP contribution is -2.26. The number of benzene rings is 2. The third kappa shape index (κ3) is 2.88. The van der Waals surface area contributed by atoms with Crippen molar-refractivity contribution in [1.82, 2.24) is 0 Å². The van der Waals surface area contributed by atoms with Crippen LogP contribution in [0.15, 0.2) is 36.4 Å². The van der Waals surface area contributed by atoms with Gasteiger partial charge in [-0.2, -0.15) is 0 Å². The van der Waals surface area contributed by atoms with Gasteiger partial charge >= 0.3 is 0 Å². The molecule has 3 heteroatoms. The molecule has 1 unspecified atom stereocenters. The van der Waals surface area contributed by atoms with E-state index in [4.69, 9.17) is 0 Å². The van der Waals surface area contributed by atoms with Gasteiger partial charge in [0.1, 0.15) is 0 Å². The molecule has 0 aliphatic rings. The summed E-state index contributed by atoms with van der Waals surface area (Å²) in [6.07, 6.45) is 0.0287. The smallest absolute Gasteiger partial charge is 0.162 e. The molecule has 1 nitrogen and oxygen atoms in total. The van der Waals surface area contributed by atoms with E-state index in [1.807, 2.05) is 32.0 Å². The third-order valence-corrected chi connectivity index (χ3v) is 3.54. The van der Waals surface area contributed by atoms with Crippen LogP contribution in [0, 0.1) is 25.5 Å². The SMILES string of the molecule is Cc1ccc(C)c(C(C)(O)Cc2cccc(F)c2F)c1. The molecule has 0 spiro atoms. The first-order chi connectivity index (χ1) is 9.31. The summed E-state index contributed by atoms with van der Waals surface area (Å²) in [5.41, 5.74) is 1.62. The van der Waals surface area contributed by atoms with Gasteiger partial charge < -0.3 is 5.11 Å². The van der Waals surface area contributed by atoms with Gasteiger partial charge in [-0.15, -0.1) is 0 Å². The molecular weight excluding hydrogens is 258 g/mol. The lowest BCUT2D eigenvalue weighted by Gasteiger charge is -2.26. The van der Waals surface area contributed by atoms with Crippen LogP contribution in [-0.2, 0) is 12.0 Å². The summed E-state index contributed by atoms with van der Waals surface area (Å²) >= 11 is 0. The molecule has 0 bridgehead atoms. The van der Waals surface area contributed by atoms with Crippen LogP contribution in [0.2, 0.25) is 0 Å². The van der Waals surface area contributed by atoms with Gasteiger partial charge in [0.15, 0.2) is 11.6 Å². The average molecular weight is 276 g/mol. The van der Waals surface area contributed by atoms with E-state index in [0.29, 0.717) is 0 Å². The quantitative estimate of drug-likeness (QED) is 0.897. The third-order valence-electron chi connectivity index (χ3n) is 3.54. The van der Waals surface area contributed by atoms with Gasteiger partial charge in [0, 0.05) is 6.42 Å². The number of rotatable bonds is 3. The Labute approximate surface area is 117 Å². The standard InChI is InChI=1S/C17H18F2O/c1-11-7-8-12(2)14(9-11)17(3,20)10-13-5-4-6-15(18)16(13)19/h4-9,20H,10H2,1-3H3. The van der Waals surface area contributed by atoms with Crippen molar-refractivity contribution in [2.75, 3.05) is 0 Å². The highest BCUT2D eigenvalue weighted by Crippen LogP contribution is 2.30. The van der Waals surface area contributed by atoms with Gasteiger partial charge in [0.05, 0.1) is 5.60 Å². The molecule has 0 aliphatic carbocycles. The van der Waals surface area contributed by atoms with Gasteiger partial charge in [0.25, 0.3) is 0 Å². The Morgan fingerprint density at radius 2 is 1.80 bits per heavy atom. The molecule has 2 aromatic carbocycles. The second-order valence-corrected chi connectivity index (χ2v) is 5.48. The van der Waals surface area contributed by atoms with Gasteiger partial charge in [-0.1, -0.05) is 35.9 Å². The molecule has 0 amide bonds. The van der Waals surface area contributed by atoms with Crippen molar-refractivity contribution in [3.63, 3.8) is 0 Å². The molecule has 1 atom stereocenters. The van der Waals surface area contributed by atoms with Crippen LogP contribution in [0.3, 0.4) is 0 Å². The zero-order chi connectivity index (χ0) is 14.9. The summed E-state index contributed by atoms with van der Waals surface area (Å²) in [6, 6.07) is 9.78. The average Bonchev–Trinajstić information content (AvgIpc) is 2.37. The lowest BCUT2D eigenvalue weighted by molar-refractivity contribution is 0.0558. The normalized spacial score (nSPS) is 14.1. The van der Waals surface area contributed by atoms with Crippen LogP contribution in [0.5, 0.6) is 0 Å². The minimum absolute atomic E-state index is 0.0287. The van der Waals surface area contributed by atoms with E-state index in [9.17, 15) is 13.9 Å². The van der Waals surface area contributed by atoms with Crippen molar-refractivity contribution in [3.8, 4) is 0 Å². The van der Waals surface area contributed by atoms with E-state index in [2.05, 4.69) is 0 Å². The fourth-order valence-electron chi connectivity index (χ4n) is 2.47. The highest BCUT2D eigenvalue weighted by atomic mass is 19.2. The van der Waals surface area contributed by atoms with E-state index in [1.165, 1.54) is 12.1 Å². The summed E-state index contributed by atoms with van der Waals surface area (Å²) in [7, 11) is 0. The van der Waals surface area contributed by atoms with Gasteiger partial charge in [-0.05, 0) is 43.5 Å². The Morgan fingerprint density at radius 1 is 1.10 bits per heavy atom. The van der Waals surface area contributed by atoms with Crippen molar-refractivity contribution >= 4 is 0 Å². The Bertz CT molecular complexity index is 633. The van der Waals surface area contributed by atoms with Gasteiger partial charge in [-0.3, -0.25) is 0 Å². The van der Waals surface area contributed by atoms with Crippen LogP contribution >= 0.6 is 0 Å². The van der Waals surface area contributed by atoms with Crippen LogP contribution in [-0.4, -0.2) is 5.11 Å². The number of hydrogen-bond donors (Lipinski definition) is 1. The van der Waals surface area contributed by atoms with Gasteiger partial charge in [-0.25, -0.2) is 8.78 Å². The Kier molecular flexibility index (Phi) is 3.91. The fraction of sp³-hybridized carbons (Fsp3) is 0.294. The fourth-order valence-corrected chi connectivity index (χ4v) is 2.47. The molecule has 2 rings (SSSR count). The van der Waals surface area contributed by atoms with E-state index in [0.717, 1.165) is 22.8 Å². The number of halogens is 2. The maximum absolute atomic E-state index is 13.7. The predicted molar refractivity (Wildman–Crippen MR) is 75.5 cm³/mol. The first-order valence-electron chi connectivity index (χ1n) is 6.54. The van der Waals surface area contributed by atoms with Crippen LogP contribution in [0.25, 0.3) is 0 Å². The lowest BCUT2D eigenvalue weighted by atomic mass is 9.85. The molecule has 0 fully saturated rings. The van der Waals surface area contributed by atoms with E-state index >= 15 is 0 Å². The number of aryl methyl sites for hydroxylation is 2. The number of hydrogen-bond acceptors (Lipinski definition) is 1. The summed E-state index contributed by atoms with van der Waals surface area (Å²) in [5.74, 6) is -1.78. The Morgan fingerprint density at radius 3 is 2.50 bits per heavy atom. The summed E-state index contributed by atoms with van der Waals surface area (Å²) in [6.45, 7) is 5.45. The topological polar surface area (TPSA) is 20.2 Å². The van der Waals surface area contributed by atoms with Crippen molar-refractivity contribution in [3.05, 3.63) is 70.3 Å². The van der Waals surface area contributed by atoms with Crippen molar-refractivity contribution < 1.29 is 13.9 Å². The summed E-state index contributed by atoms with van der Waals surface area (Å²) in [4.78, 5) is 0. The molecule has 0 aliphatic heterocycles. The Hall–Kier alpha value is -1.74. The zero-order valence-corrected chi connectivity index (χ0v) is 11.9. The highest BCUT2D eigenvalue weighted by molar-refractivity contribution is 5.36. The molecule has 0 saturated heterocycles. The van der Waals surface area contributed by atoms with Crippen molar-refractivity contribution in [2.24, 2.45) is 0 Å². The van der Waals surface area contributed by atoms with E-state index in [-0.39, 0.29) is 12.0 Å². The van der Waals surface area contributed by atoms with E-state index < -0.39 is 17.2 Å². The maximum atomic E-state index is 13.7. The second kappa shape index (κ2) is 5.33. The molecule has 1 N–H and O–H groups in total. The van der Waals surface area contributed by atoms with Crippen LogP contribution in [0.1, 0.15) is 29.2 Å². The van der Waals surface area contributed by atoms with Crippen molar-refractivity contribution in [1.29, 1.82) is 0 Å². The first kappa shape index (κ1) is 14.7. The summed E-state index contributed by atoms with van der Waals surface area (Å²) in [5, 5.41) is 10.7. The Balaban J connectivity index is 2.40. The largest absolute Gasteiger partial charge is 0.385 e. The van der Waals surface area contributed by atoms with Crippen LogP contribution in [0.4, 0.5) is 8.78 Å². The highest BCUT2D eigenvalue weighted by Gasteiger charge is 2.27. The molecule has 0 heterocycles. The molecule has 0 saturated carbocycles. The summed E-state index contributed by atoms with van der Waals surface area (Å²) < 4.78 is 27.0. The minimum atomic E-state index is -1.25. The molecule has 0 aromatic heterocycles. The van der Waals surface area contributed by atoms with Crippen LogP contribution < -0.4 is 0 Å². The van der Waals surface area contributed by atoms with Gasteiger partial charge in [0.2, 0.25) is 0 Å². The zero-order valence-electron chi connectivity index (χ0n) is 11.9. The maximum Gasteiger partial charge on any atom is 0.162 e. The number of aliphatic hydroxyl groups is 1. The first-order valence-corrected chi connectivity index (χ1v) is 6.54. The van der Waals surface area contributed by atoms with Crippen molar-refractivity contribution in [2.45, 2.75) is 32.8 Å². The second-order valence-electron chi connectivity index (χ2n) is 5.48. The molecule has 0 radical (unpaired) electrons. The monoisotopic (exact) mass is 276 g/mol.